The summed E-state index contributed by atoms with van der Waals surface area (Å²) in [5.41, 5.74) is -0.0867. The van der Waals surface area contributed by atoms with E-state index < -0.39 is 11.4 Å². The third kappa shape index (κ3) is 2.84. The van der Waals surface area contributed by atoms with Crippen LogP contribution in [0, 0.1) is 17.2 Å². The fourth-order valence-corrected chi connectivity index (χ4v) is 3.89. The van der Waals surface area contributed by atoms with Crippen molar-refractivity contribution in [3.8, 4) is 0 Å². The van der Waals surface area contributed by atoms with Crippen molar-refractivity contribution in [1.29, 1.82) is 0 Å². The minimum Gasteiger partial charge on any atom is -0.481 e. The van der Waals surface area contributed by atoms with E-state index in [0.717, 1.165) is 18.4 Å². The molecule has 1 aromatic carbocycles. The third-order valence-electron chi connectivity index (χ3n) is 5.46. The van der Waals surface area contributed by atoms with Gasteiger partial charge in [0.2, 0.25) is 5.91 Å². The Balaban J connectivity index is 1.80. The molecule has 1 aliphatic carbocycles. The Kier molecular flexibility index (Phi) is 4.13. The van der Waals surface area contributed by atoms with E-state index in [-0.39, 0.29) is 30.1 Å². The van der Waals surface area contributed by atoms with E-state index in [4.69, 9.17) is 0 Å². The van der Waals surface area contributed by atoms with E-state index in [9.17, 15) is 19.1 Å². The number of rotatable bonds is 4. The molecule has 2 fully saturated rings. The first-order chi connectivity index (χ1) is 10.9. The van der Waals surface area contributed by atoms with Crippen molar-refractivity contribution >= 4 is 11.9 Å². The van der Waals surface area contributed by atoms with Gasteiger partial charge in [-0.05, 0) is 42.9 Å². The average Bonchev–Trinajstić information content (AvgIpc) is 2.84. The number of likely N-dealkylation sites (tertiary alicyclic amines) is 1. The van der Waals surface area contributed by atoms with Gasteiger partial charge in [0, 0.05) is 13.0 Å². The molecule has 5 heteroatoms. The van der Waals surface area contributed by atoms with E-state index in [1.54, 1.807) is 11.0 Å². The highest BCUT2D eigenvalue weighted by Crippen LogP contribution is 2.46. The summed E-state index contributed by atoms with van der Waals surface area (Å²) in [5.74, 6) is -1.06. The van der Waals surface area contributed by atoms with Crippen molar-refractivity contribution in [2.45, 2.75) is 45.1 Å². The number of amides is 1. The van der Waals surface area contributed by atoms with Crippen LogP contribution in [0.15, 0.2) is 24.3 Å². The van der Waals surface area contributed by atoms with Crippen molar-refractivity contribution in [1.82, 2.24) is 4.90 Å². The van der Waals surface area contributed by atoms with Crippen LogP contribution in [-0.2, 0) is 9.59 Å². The van der Waals surface area contributed by atoms with E-state index >= 15 is 0 Å². The molecule has 2 unspecified atom stereocenters. The standard InChI is InChI=1S/C18H22FNO3/c1-12-6-9-20(16(12)13-4-2-5-14(19)10-13)15(21)11-18(17(22)23)7-3-8-18/h2,4-5,10,12,16H,3,6-9,11H2,1H3,(H,22,23). The molecule has 3 rings (SSSR count). The Morgan fingerprint density at radius 3 is 2.70 bits per heavy atom. The summed E-state index contributed by atoms with van der Waals surface area (Å²) >= 11 is 0. The van der Waals surface area contributed by atoms with E-state index in [2.05, 4.69) is 6.92 Å². The summed E-state index contributed by atoms with van der Waals surface area (Å²) < 4.78 is 13.5. The monoisotopic (exact) mass is 319 g/mol. The van der Waals surface area contributed by atoms with Gasteiger partial charge >= 0.3 is 5.97 Å². The van der Waals surface area contributed by atoms with Gasteiger partial charge in [-0.3, -0.25) is 9.59 Å². The molecule has 0 radical (unpaired) electrons. The predicted octanol–water partition coefficient (Wildman–Crippen LogP) is 3.38. The summed E-state index contributed by atoms with van der Waals surface area (Å²) in [6.07, 6.45) is 2.92. The zero-order chi connectivity index (χ0) is 16.6. The lowest BCUT2D eigenvalue weighted by Gasteiger charge is -2.39. The molecule has 0 aromatic heterocycles. The maximum Gasteiger partial charge on any atom is 0.310 e. The van der Waals surface area contributed by atoms with Crippen molar-refractivity contribution < 1.29 is 19.1 Å². The van der Waals surface area contributed by atoms with Crippen LogP contribution < -0.4 is 0 Å². The highest BCUT2D eigenvalue weighted by atomic mass is 19.1. The first-order valence-corrected chi connectivity index (χ1v) is 8.21. The van der Waals surface area contributed by atoms with E-state index in [0.29, 0.717) is 19.4 Å². The Morgan fingerprint density at radius 2 is 2.13 bits per heavy atom. The van der Waals surface area contributed by atoms with Gasteiger partial charge in [0.1, 0.15) is 5.82 Å². The number of carboxylic acids is 1. The van der Waals surface area contributed by atoms with Crippen molar-refractivity contribution in [2.24, 2.45) is 11.3 Å². The number of carbonyl (C=O) groups is 2. The van der Waals surface area contributed by atoms with Gasteiger partial charge in [0.25, 0.3) is 0 Å². The molecule has 1 heterocycles. The molecule has 1 amide bonds. The quantitative estimate of drug-likeness (QED) is 0.925. The molecule has 4 nitrogen and oxygen atoms in total. The molecule has 2 atom stereocenters. The topological polar surface area (TPSA) is 57.6 Å². The second-order valence-electron chi connectivity index (χ2n) is 6.97. The highest BCUT2D eigenvalue weighted by Gasteiger charge is 2.48. The molecule has 1 N–H and O–H groups in total. The van der Waals surface area contributed by atoms with Crippen LogP contribution in [0.1, 0.15) is 50.6 Å². The van der Waals surface area contributed by atoms with Gasteiger partial charge in [-0.1, -0.05) is 25.5 Å². The molecule has 124 valence electrons. The molecule has 0 spiro atoms. The summed E-state index contributed by atoms with van der Waals surface area (Å²) in [4.78, 5) is 26.0. The lowest BCUT2D eigenvalue weighted by molar-refractivity contribution is -0.159. The van der Waals surface area contributed by atoms with Crippen LogP contribution in [0.4, 0.5) is 4.39 Å². The van der Waals surface area contributed by atoms with Gasteiger partial charge in [0.15, 0.2) is 0 Å². The zero-order valence-corrected chi connectivity index (χ0v) is 13.3. The van der Waals surface area contributed by atoms with Gasteiger partial charge < -0.3 is 10.0 Å². The maximum atomic E-state index is 13.5. The summed E-state index contributed by atoms with van der Waals surface area (Å²) in [7, 11) is 0. The first kappa shape index (κ1) is 16.0. The number of benzene rings is 1. The molecule has 1 aliphatic heterocycles. The number of halogens is 1. The minimum atomic E-state index is -0.880. The fraction of sp³-hybridized carbons (Fsp3) is 0.556. The molecule has 1 saturated carbocycles. The number of carboxylic acid groups (broad SMARTS) is 1. The van der Waals surface area contributed by atoms with Crippen LogP contribution in [0.2, 0.25) is 0 Å². The Morgan fingerprint density at radius 1 is 1.39 bits per heavy atom. The lowest BCUT2D eigenvalue weighted by atomic mass is 9.66. The lowest BCUT2D eigenvalue weighted by Crippen LogP contribution is -2.44. The highest BCUT2D eigenvalue weighted by molar-refractivity contribution is 5.86. The molecule has 1 saturated heterocycles. The maximum absolute atomic E-state index is 13.5. The van der Waals surface area contributed by atoms with Crippen LogP contribution in [0.5, 0.6) is 0 Å². The number of nitrogens with zero attached hydrogens (tertiary/aromatic N) is 1. The molecule has 0 bridgehead atoms. The summed E-state index contributed by atoms with van der Waals surface area (Å²) in [5, 5.41) is 9.43. The van der Waals surface area contributed by atoms with Crippen LogP contribution in [-0.4, -0.2) is 28.4 Å². The molecular formula is C18H22FNO3. The Labute approximate surface area is 135 Å². The van der Waals surface area contributed by atoms with E-state index in [1.807, 2.05) is 6.07 Å². The largest absolute Gasteiger partial charge is 0.481 e. The van der Waals surface area contributed by atoms with Crippen LogP contribution in [0.25, 0.3) is 0 Å². The SMILES string of the molecule is CC1CCN(C(=O)CC2(C(=O)O)CCC2)C1c1cccc(F)c1. The average molecular weight is 319 g/mol. The van der Waals surface area contributed by atoms with Crippen molar-refractivity contribution in [2.75, 3.05) is 6.54 Å². The number of carbonyl (C=O) groups excluding carboxylic acids is 1. The summed E-state index contributed by atoms with van der Waals surface area (Å²) in [6.45, 7) is 2.66. The van der Waals surface area contributed by atoms with Crippen LogP contribution in [0.3, 0.4) is 0 Å². The van der Waals surface area contributed by atoms with Crippen molar-refractivity contribution in [3.63, 3.8) is 0 Å². The molecule has 2 aliphatic rings. The Hall–Kier alpha value is -1.91. The molecule has 23 heavy (non-hydrogen) atoms. The smallest absolute Gasteiger partial charge is 0.310 e. The zero-order valence-electron chi connectivity index (χ0n) is 13.3. The number of hydrogen-bond donors (Lipinski definition) is 1. The normalized spacial score (nSPS) is 25.9. The van der Waals surface area contributed by atoms with Gasteiger partial charge in [-0.2, -0.15) is 0 Å². The first-order valence-electron chi connectivity index (χ1n) is 8.21. The summed E-state index contributed by atoms with van der Waals surface area (Å²) in [6, 6.07) is 6.20. The molecular weight excluding hydrogens is 297 g/mol. The van der Waals surface area contributed by atoms with Gasteiger partial charge in [0.05, 0.1) is 11.5 Å². The van der Waals surface area contributed by atoms with Gasteiger partial charge in [-0.25, -0.2) is 4.39 Å². The third-order valence-corrected chi connectivity index (χ3v) is 5.46. The van der Waals surface area contributed by atoms with Crippen LogP contribution >= 0.6 is 0 Å². The second kappa shape index (κ2) is 5.95. The van der Waals surface area contributed by atoms with Gasteiger partial charge in [-0.15, -0.1) is 0 Å². The number of aliphatic carboxylic acids is 1. The Bertz CT molecular complexity index is 626. The predicted molar refractivity (Wildman–Crippen MR) is 83.2 cm³/mol. The number of hydrogen-bond acceptors (Lipinski definition) is 2. The molecule has 1 aromatic rings. The second-order valence-corrected chi connectivity index (χ2v) is 6.97. The van der Waals surface area contributed by atoms with E-state index in [1.165, 1.54) is 12.1 Å². The fourth-order valence-electron chi connectivity index (χ4n) is 3.89. The minimum absolute atomic E-state index is 0.0564. The van der Waals surface area contributed by atoms with Crippen molar-refractivity contribution in [3.05, 3.63) is 35.6 Å².